The molecule has 0 saturated heterocycles. The molecule has 0 unspecified atom stereocenters. The normalized spacial score (nSPS) is 23.1. The largest absolute Gasteiger partial charge is 0.312 e. The fraction of sp³-hybridized carbons (Fsp3) is 0.500. The van der Waals surface area contributed by atoms with E-state index in [1.165, 1.54) is 24.0 Å². The summed E-state index contributed by atoms with van der Waals surface area (Å²) in [5, 5.41) is 3.42. The van der Waals surface area contributed by atoms with Crippen molar-refractivity contribution in [2.45, 2.75) is 38.6 Å². The fourth-order valence-electron chi connectivity index (χ4n) is 2.52. The topological polar surface area (TPSA) is 12.0 Å². The molecule has 0 aromatic heterocycles. The molecule has 2 rings (SSSR count). The van der Waals surface area contributed by atoms with E-state index >= 15 is 0 Å². The summed E-state index contributed by atoms with van der Waals surface area (Å²) >= 11 is 0. The van der Waals surface area contributed by atoms with Crippen LogP contribution in [0.1, 0.15) is 43.2 Å². The minimum Gasteiger partial charge on any atom is -0.312 e. The summed E-state index contributed by atoms with van der Waals surface area (Å²) in [6.45, 7) is 8.05. The van der Waals surface area contributed by atoms with E-state index in [1.807, 2.05) is 6.08 Å². The Morgan fingerprint density at radius 2 is 2.00 bits per heavy atom. The van der Waals surface area contributed by atoms with Crippen molar-refractivity contribution < 1.29 is 0 Å². The molecule has 1 aromatic rings. The molecule has 1 aromatic carbocycles. The summed E-state index contributed by atoms with van der Waals surface area (Å²) in [6, 6.07) is 9.14. The second-order valence-electron chi connectivity index (χ2n) is 5.27. The molecular weight excluding hydrogens is 206 g/mol. The predicted molar refractivity (Wildman–Crippen MR) is 74.1 cm³/mol. The highest BCUT2D eigenvalue weighted by Crippen LogP contribution is 2.40. The van der Waals surface area contributed by atoms with Gasteiger partial charge < -0.3 is 5.32 Å². The van der Waals surface area contributed by atoms with Gasteiger partial charge in [0, 0.05) is 6.54 Å². The summed E-state index contributed by atoms with van der Waals surface area (Å²) in [4.78, 5) is 0. The van der Waals surface area contributed by atoms with Crippen LogP contribution in [0.4, 0.5) is 0 Å². The molecule has 0 aliphatic heterocycles. The van der Waals surface area contributed by atoms with Gasteiger partial charge in [0.1, 0.15) is 0 Å². The maximum absolute atomic E-state index is 3.72. The first-order valence-corrected chi connectivity index (χ1v) is 6.70. The van der Waals surface area contributed by atoms with Crippen LogP contribution in [-0.4, -0.2) is 6.54 Å². The number of nitrogens with one attached hydrogen (secondary N) is 1. The first kappa shape index (κ1) is 12.4. The molecule has 92 valence electrons. The lowest BCUT2D eigenvalue weighted by atomic mass is 9.72. The first-order valence-electron chi connectivity index (χ1n) is 6.70. The van der Waals surface area contributed by atoms with Gasteiger partial charge in [-0.3, -0.25) is 0 Å². The van der Waals surface area contributed by atoms with Crippen molar-refractivity contribution in [1.29, 1.82) is 0 Å². The Bertz CT molecular complexity index is 346. The quantitative estimate of drug-likeness (QED) is 0.577. The fourth-order valence-corrected chi connectivity index (χ4v) is 2.52. The minimum absolute atomic E-state index is 0.827. The lowest BCUT2D eigenvalue weighted by Crippen LogP contribution is -2.19. The van der Waals surface area contributed by atoms with Gasteiger partial charge in [0.2, 0.25) is 0 Å². The van der Waals surface area contributed by atoms with E-state index in [0.717, 1.165) is 31.3 Å². The second kappa shape index (κ2) is 6.02. The highest BCUT2D eigenvalue weighted by Gasteiger charge is 2.26. The number of hydrogen-bond donors (Lipinski definition) is 1. The first-order chi connectivity index (χ1) is 8.29. The Morgan fingerprint density at radius 3 is 2.59 bits per heavy atom. The van der Waals surface area contributed by atoms with E-state index in [0.29, 0.717) is 0 Å². The van der Waals surface area contributed by atoms with Gasteiger partial charge in [-0.1, -0.05) is 37.3 Å². The van der Waals surface area contributed by atoms with Gasteiger partial charge in [-0.25, -0.2) is 0 Å². The standard InChI is InChI=1S/C16H23N/c1-3-4-9-17-12-14-5-7-15(8-6-14)16-10-13(2)11-16/h3,5-8,13,16-17H,1,4,9-12H2,2H3/t13-,16-. The smallest absolute Gasteiger partial charge is 0.0205 e. The van der Waals surface area contributed by atoms with Crippen LogP contribution >= 0.6 is 0 Å². The lowest BCUT2D eigenvalue weighted by molar-refractivity contribution is 0.288. The van der Waals surface area contributed by atoms with Crippen LogP contribution in [0.3, 0.4) is 0 Å². The average Bonchev–Trinajstić information content (AvgIpc) is 2.32. The second-order valence-corrected chi connectivity index (χ2v) is 5.27. The monoisotopic (exact) mass is 229 g/mol. The Kier molecular flexibility index (Phi) is 4.38. The van der Waals surface area contributed by atoms with Crippen LogP contribution in [0.2, 0.25) is 0 Å². The van der Waals surface area contributed by atoms with E-state index in [-0.39, 0.29) is 0 Å². The molecule has 17 heavy (non-hydrogen) atoms. The minimum atomic E-state index is 0.827. The van der Waals surface area contributed by atoms with Crippen LogP contribution in [-0.2, 0) is 6.54 Å². The van der Waals surface area contributed by atoms with Gasteiger partial charge in [0.25, 0.3) is 0 Å². The van der Waals surface area contributed by atoms with Gasteiger partial charge >= 0.3 is 0 Å². The van der Waals surface area contributed by atoms with Crippen LogP contribution in [0.5, 0.6) is 0 Å². The molecule has 0 radical (unpaired) electrons. The molecule has 0 spiro atoms. The molecule has 1 nitrogen and oxygen atoms in total. The highest BCUT2D eigenvalue weighted by atomic mass is 14.8. The molecule has 1 N–H and O–H groups in total. The van der Waals surface area contributed by atoms with E-state index in [4.69, 9.17) is 0 Å². The maximum atomic E-state index is 3.72. The lowest BCUT2D eigenvalue weighted by Gasteiger charge is -2.33. The van der Waals surface area contributed by atoms with Crippen molar-refractivity contribution >= 4 is 0 Å². The molecule has 0 amide bonds. The zero-order chi connectivity index (χ0) is 12.1. The van der Waals surface area contributed by atoms with Gasteiger partial charge in [0.15, 0.2) is 0 Å². The number of hydrogen-bond acceptors (Lipinski definition) is 1. The van der Waals surface area contributed by atoms with Crippen molar-refractivity contribution in [1.82, 2.24) is 5.32 Å². The van der Waals surface area contributed by atoms with Crippen molar-refractivity contribution in [3.05, 3.63) is 48.0 Å². The molecule has 1 aliphatic rings. The Hall–Kier alpha value is -1.08. The molecule has 1 fully saturated rings. The van der Waals surface area contributed by atoms with E-state index < -0.39 is 0 Å². The average molecular weight is 229 g/mol. The van der Waals surface area contributed by atoms with Gasteiger partial charge in [-0.15, -0.1) is 6.58 Å². The van der Waals surface area contributed by atoms with Crippen LogP contribution in [0, 0.1) is 5.92 Å². The molecule has 1 heteroatoms. The molecule has 0 bridgehead atoms. The summed E-state index contributed by atoms with van der Waals surface area (Å²) in [5.41, 5.74) is 2.91. The summed E-state index contributed by atoms with van der Waals surface area (Å²) in [6.07, 6.45) is 5.74. The maximum Gasteiger partial charge on any atom is 0.0205 e. The highest BCUT2D eigenvalue weighted by molar-refractivity contribution is 5.26. The third-order valence-electron chi connectivity index (χ3n) is 3.68. The third kappa shape index (κ3) is 3.44. The summed E-state index contributed by atoms with van der Waals surface area (Å²) in [7, 11) is 0. The number of benzene rings is 1. The van der Waals surface area contributed by atoms with E-state index in [2.05, 4.69) is 43.1 Å². The van der Waals surface area contributed by atoms with Crippen molar-refractivity contribution in [2.24, 2.45) is 5.92 Å². The Morgan fingerprint density at radius 1 is 1.29 bits per heavy atom. The van der Waals surface area contributed by atoms with Crippen LogP contribution in [0.15, 0.2) is 36.9 Å². The Balaban J connectivity index is 1.79. The predicted octanol–water partition coefficient (Wildman–Crippen LogP) is 3.87. The van der Waals surface area contributed by atoms with Crippen LogP contribution < -0.4 is 5.32 Å². The third-order valence-corrected chi connectivity index (χ3v) is 3.68. The van der Waals surface area contributed by atoms with Crippen LogP contribution in [0.25, 0.3) is 0 Å². The molecule has 1 aliphatic carbocycles. The summed E-state index contributed by atoms with van der Waals surface area (Å²) < 4.78 is 0. The van der Waals surface area contributed by atoms with E-state index in [9.17, 15) is 0 Å². The van der Waals surface area contributed by atoms with Crippen molar-refractivity contribution in [2.75, 3.05) is 6.54 Å². The van der Waals surface area contributed by atoms with Gasteiger partial charge in [-0.05, 0) is 48.8 Å². The van der Waals surface area contributed by atoms with E-state index in [1.54, 1.807) is 0 Å². The SMILES string of the molecule is C=CCCNCc1ccc([C@H]2C[C@H](C)C2)cc1. The zero-order valence-corrected chi connectivity index (χ0v) is 10.8. The zero-order valence-electron chi connectivity index (χ0n) is 10.8. The van der Waals surface area contributed by atoms with Crippen molar-refractivity contribution in [3.8, 4) is 0 Å². The Labute approximate surface area is 105 Å². The van der Waals surface area contributed by atoms with Crippen molar-refractivity contribution in [3.63, 3.8) is 0 Å². The molecular formula is C16H23N. The van der Waals surface area contributed by atoms with Gasteiger partial charge in [0.05, 0.1) is 0 Å². The number of rotatable bonds is 6. The van der Waals surface area contributed by atoms with Gasteiger partial charge in [-0.2, -0.15) is 0 Å². The summed E-state index contributed by atoms with van der Waals surface area (Å²) in [5.74, 6) is 1.76. The molecule has 0 atom stereocenters. The molecule has 1 saturated carbocycles. The molecule has 0 heterocycles.